The Morgan fingerprint density at radius 3 is 0.847 bits per heavy atom. The zero-order chi connectivity index (χ0) is 57.5. The van der Waals surface area contributed by atoms with E-state index in [1.807, 2.05) is 0 Å². The number of unbranched alkanes of at least 4 members (excludes halogenated alkanes) is 1. The van der Waals surface area contributed by atoms with Crippen LogP contribution in [0.15, 0.2) is 0 Å². The summed E-state index contributed by atoms with van der Waals surface area (Å²) in [4.78, 5) is 0. The summed E-state index contributed by atoms with van der Waals surface area (Å²) < 4.78 is 43.4. The molecule has 0 aromatic rings. The third kappa shape index (κ3) is 9.73. The van der Waals surface area contributed by atoms with E-state index >= 15 is 0 Å². The van der Waals surface area contributed by atoms with Crippen LogP contribution in [0.1, 0.15) is 175 Å². The SMILES string of the molecule is CCCCOC1C2CCCCC2C(C)C2C3NC(NC4NC(NC5NC(NC6NC(N3)C3C(OC)C7CC8CCCCC8CC7C(OC)C63)C3C(C)C6CC7CCCCC7CC6C(OC)C53)C3C(OC)C5CC6CCCCC6CC5C(OC)C43)C12. The molecule has 5 heterocycles. The monoisotopic (exact) mass is 1180 g/mol. The molecule has 16 rings (SSSR count). The Morgan fingerprint density at radius 1 is 0.282 bits per heavy atom. The molecule has 8 bridgehead atoms. The Morgan fingerprint density at radius 2 is 0.529 bits per heavy atom. The van der Waals surface area contributed by atoms with Crippen LogP contribution in [-0.4, -0.2) is 128 Å². The largest absolute Gasteiger partial charge is 0.381 e. The molecule has 5 saturated heterocycles. The van der Waals surface area contributed by atoms with Crippen LogP contribution < -0.4 is 42.5 Å². The molecule has 8 N–H and O–H groups in total. The summed E-state index contributed by atoms with van der Waals surface area (Å²) in [7, 11) is 10.4. The van der Waals surface area contributed by atoms with Gasteiger partial charge in [0.1, 0.15) is 0 Å². The Labute approximate surface area is 513 Å². The van der Waals surface area contributed by atoms with E-state index in [0.717, 1.165) is 55.0 Å². The fraction of sp³-hybridized carbons (Fsp3) is 1.00. The lowest BCUT2D eigenvalue weighted by Gasteiger charge is -2.57. The number of methoxy groups -OCH3 is 5. The molecule has 5 aliphatic heterocycles. The average molecular weight is 1180 g/mol. The van der Waals surface area contributed by atoms with Crippen molar-refractivity contribution in [3.05, 3.63) is 0 Å². The van der Waals surface area contributed by atoms with Gasteiger partial charge in [-0.15, -0.1) is 0 Å². The van der Waals surface area contributed by atoms with Crippen molar-refractivity contribution in [3.8, 4) is 0 Å². The molecule has 38 atom stereocenters. The van der Waals surface area contributed by atoms with Crippen LogP contribution in [0, 0.1) is 142 Å². The van der Waals surface area contributed by atoms with Crippen molar-refractivity contribution in [1.29, 1.82) is 0 Å². The second-order valence-electron chi connectivity index (χ2n) is 33.1. The van der Waals surface area contributed by atoms with Crippen molar-refractivity contribution < 1.29 is 28.4 Å². The highest BCUT2D eigenvalue weighted by molar-refractivity contribution is 5.20. The number of hydrogen-bond donors (Lipinski definition) is 8. The minimum atomic E-state index is -0.000768. The molecule has 14 nitrogen and oxygen atoms in total. The van der Waals surface area contributed by atoms with Crippen molar-refractivity contribution in [2.75, 3.05) is 42.2 Å². The topological polar surface area (TPSA) is 152 Å². The Kier molecular flexibility index (Phi) is 17.1. The van der Waals surface area contributed by atoms with Crippen molar-refractivity contribution in [3.63, 3.8) is 0 Å². The van der Waals surface area contributed by atoms with Crippen molar-refractivity contribution in [2.45, 2.75) is 261 Å². The summed E-state index contributed by atoms with van der Waals surface area (Å²) in [5, 5.41) is 37.0. The van der Waals surface area contributed by atoms with Crippen LogP contribution in [0.3, 0.4) is 0 Å². The molecule has 38 unspecified atom stereocenters. The van der Waals surface area contributed by atoms with Gasteiger partial charge in [-0.25, -0.2) is 0 Å². The minimum Gasteiger partial charge on any atom is -0.381 e. The van der Waals surface area contributed by atoms with E-state index in [9.17, 15) is 0 Å². The van der Waals surface area contributed by atoms with Gasteiger partial charge in [-0.3, -0.25) is 42.5 Å². The summed E-state index contributed by atoms with van der Waals surface area (Å²) in [6.45, 7) is 8.55. The maximum atomic E-state index is 7.54. The van der Waals surface area contributed by atoms with Gasteiger partial charge in [-0.1, -0.05) is 117 Å². The first-order valence-electron chi connectivity index (χ1n) is 37.1. The van der Waals surface area contributed by atoms with E-state index in [1.54, 1.807) is 0 Å². The fourth-order valence-corrected chi connectivity index (χ4v) is 27.4. The fourth-order valence-electron chi connectivity index (χ4n) is 27.4. The molecule has 0 spiro atoms. The van der Waals surface area contributed by atoms with Gasteiger partial charge in [0, 0.05) is 77.7 Å². The highest BCUT2D eigenvalue weighted by Crippen LogP contribution is 2.62. The van der Waals surface area contributed by atoms with Crippen LogP contribution in [0.4, 0.5) is 0 Å². The van der Waals surface area contributed by atoms with Gasteiger partial charge in [0.2, 0.25) is 0 Å². The minimum absolute atomic E-state index is 0.0000812. The van der Waals surface area contributed by atoms with E-state index < -0.39 is 0 Å². The van der Waals surface area contributed by atoms with Gasteiger partial charge in [-0.2, -0.15) is 0 Å². The first-order chi connectivity index (χ1) is 41.7. The number of hydrogen-bond acceptors (Lipinski definition) is 14. The quantitative estimate of drug-likeness (QED) is 0.104. The van der Waals surface area contributed by atoms with Gasteiger partial charge in [-0.05, 0) is 164 Å². The van der Waals surface area contributed by atoms with Gasteiger partial charge < -0.3 is 28.4 Å². The van der Waals surface area contributed by atoms with Gasteiger partial charge >= 0.3 is 0 Å². The standard InChI is InChI=1S/C71H120N8O6/c1-9-10-27-85-63-43-26-18-17-25-42(43)34(2)50-53(63)67-73-64(50)74-68-54-55(60(82-6)47-31-39-22-14-13-21-38(39)30-46(47)59(54)81-5)69(78-68)75-65-51-35(3)44-28-36-19-11-12-20-37(36)29-45(44)58(80-4)52(51)66(72-65)76-70-56-57(71(77-67)79-70)62(84-8)49-33-41-24-16-15-23-40(41)32-48(49)61(56)83-7/h34-79H,9-33H2,1-8H3. The molecule has 85 heavy (non-hydrogen) atoms. The third-order valence-corrected chi connectivity index (χ3v) is 30.4. The maximum Gasteiger partial charge on any atom is 0.0665 e. The molecule has 11 saturated carbocycles. The number of nitrogens with one attached hydrogen (secondary N) is 8. The predicted molar refractivity (Wildman–Crippen MR) is 331 cm³/mol. The highest BCUT2D eigenvalue weighted by Gasteiger charge is 2.69. The van der Waals surface area contributed by atoms with Crippen molar-refractivity contribution in [2.24, 2.45) is 142 Å². The van der Waals surface area contributed by atoms with Crippen LogP contribution in [0.25, 0.3) is 0 Å². The number of rotatable bonds is 9. The summed E-state index contributed by atoms with van der Waals surface area (Å²) in [5.41, 5.74) is 0. The van der Waals surface area contributed by atoms with Crippen LogP contribution in [0.5, 0.6) is 0 Å². The first-order valence-corrected chi connectivity index (χ1v) is 37.1. The lowest BCUT2D eigenvalue weighted by Crippen LogP contribution is -2.63. The third-order valence-electron chi connectivity index (χ3n) is 30.4. The van der Waals surface area contributed by atoms with Crippen LogP contribution in [-0.2, 0) is 28.4 Å². The molecule has 0 amide bonds. The van der Waals surface area contributed by atoms with Crippen LogP contribution >= 0.6 is 0 Å². The lowest BCUT2D eigenvalue weighted by molar-refractivity contribution is -0.172. The Hall–Kier alpha value is -0.560. The number of fused-ring (bicyclic) bond motifs is 27. The predicted octanol–water partition coefficient (Wildman–Crippen LogP) is 9.20. The van der Waals surface area contributed by atoms with E-state index in [0.29, 0.717) is 76.9 Å². The molecule has 0 aromatic heterocycles. The van der Waals surface area contributed by atoms with E-state index in [2.05, 4.69) is 98.9 Å². The molecule has 14 heteroatoms. The molecule has 16 aliphatic rings. The van der Waals surface area contributed by atoms with E-state index in [4.69, 9.17) is 28.4 Å². The van der Waals surface area contributed by atoms with Gasteiger partial charge in [0.05, 0.1) is 86.0 Å². The van der Waals surface area contributed by atoms with Crippen molar-refractivity contribution in [1.82, 2.24) is 42.5 Å². The van der Waals surface area contributed by atoms with E-state index in [1.165, 1.54) is 141 Å². The van der Waals surface area contributed by atoms with Crippen LogP contribution in [0.2, 0.25) is 0 Å². The molecular weight excluding hydrogens is 1060 g/mol. The zero-order valence-corrected chi connectivity index (χ0v) is 54.1. The summed E-state index contributed by atoms with van der Waals surface area (Å²) >= 11 is 0. The first kappa shape index (κ1) is 59.5. The Bertz CT molecular complexity index is 2290. The molecule has 11 aliphatic carbocycles. The summed E-state index contributed by atoms with van der Waals surface area (Å²) in [6, 6.07) is 0. The second kappa shape index (κ2) is 24.4. The summed E-state index contributed by atoms with van der Waals surface area (Å²) in [6.07, 6.45) is 33.2. The molecule has 480 valence electrons. The normalized spacial score (nSPS) is 58.3. The average Bonchev–Trinajstić information content (AvgIpc) is 1.91. The number of ether oxygens (including phenoxy) is 6. The maximum absolute atomic E-state index is 7.54. The molecule has 0 aromatic carbocycles. The lowest BCUT2D eigenvalue weighted by atomic mass is 9.52. The second-order valence-corrected chi connectivity index (χ2v) is 33.1. The van der Waals surface area contributed by atoms with Crippen molar-refractivity contribution >= 4 is 0 Å². The highest BCUT2D eigenvalue weighted by atomic mass is 16.5. The molecular formula is C71H120N8O6. The Balaban J connectivity index is 0.833. The van der Waals surface area contributed by atoms with E-state index in [-0.39, 0.29) is 116 Å². The van der Waals surface area contributed by atoms with Gasteiger partial charge in [0.15, 0.2) is 0 Å². The molecule has 16 fully saturated rings. The smallest absolute Gasteiger partial charge is 0.0665 e. The summed E-state index contributed by atoms with van der Waals surface area (Å²) in [5.74, 6) is 12.6. The van der Waals surface area contributed by atoms with Gasteiger partial charge in [0.25, 0.3) is 0 Å². The zero-order valence-electron chi connectivity index (χ0n) is 54.1. The molecule has 0 radical (unpaired) electrons.